The van der Waals surface area contributed by atoms with Crippen LogP contribution in [0.1, 0.15) is 6.92 Å². The van der Waals surface area contributed by atoms with Crippen LogP contribution in [0.25, 0.3) is 0 Å². The van der Waals surface area contributed by atoms with Gasteiger partial charge in [-0.2, -0.15) is 0 Å². The average Bonchev–Trinajstić information content (AvgIpc) is 2.11. The summed E-state index contributed by atoms with van der Waals surface area (Å²) in [6.07, 6.45) is 5.00. The van der Waals surface area contributed by atoms with Crippen LogP contribution in [-0.2, 0) is 4.74 Å². The van der Waals surface area contributed by atoms with E-state index < -0.39 is 0 Å². The summed E-state index contributed by atoms with van der Waals surface area (Å²) in [6, 6.07) is 0. The number of ether oxygens (including phenoxy) is 1. The highest BCUT2D eigenvalue weighted by atomic mass is 16.5. The first-order valence-corrected chi connectivity index (χ1v) is 1.79. The molecule has 0 aliphatic carbocycles. The quantitative estimate of drug-likeness (QED) is 0.407. The molecule has 0 aromatic carbocycles. The van der Waals surface area contributed by atoms with Crippen molar-refractivity contribution >= 4 is 0 Å². The highest BCUT2D eigenvalue weighted by Gasteiger charge is 1.74. The highest BCUT2D eigenvalue weighted by molar-refractivity contribution is 4.76. The summed E-state index contributed by atoms with van der Waals surface area (Å²) in [7, 11) is 0. The summed E-state index contributed by atoms with van der Waals surface area (Å²) in [5.74, 6) is 0. The number of allylic oxidation sites excluding steroid dienone is 1. The van der Waals surface area contributed by atoms with E-state index in [9.17, 15) is 0 Å². The van der Waals surface area contributed by atoms with Crippen LogP contribution in [0.2, 0.25) is 0 Å². The van der Waals surface area contributed by atoms with Crippen LogP contribution in [0, 0.1) is 0 Å². The normalized spacial score (nSPS) is 10.2. The average molecular weight is 84.1 g/mol. The van der Waals surface area contributed by atoms with Crippen molar-refractivity contribution < 1.29 is 4.74 Å². The molecule has 0 amide bonds. The minimum absolute atomic E-state index is 1.62. The van der Waals surface area contributed by atoms with Gasteiger partial charge in [0.05, 0.1) is 0 Å². The lowest BCUT2D eigenvalue weighted by Crippen LogP contribution is -1.09. The summed E-state index contributed by atoms with van der Waals surface area (Å²) in [4.78, 5) is 0. The van der Waals surface area contributed by atoms with Crippen molar-refractivity contribution in [2.45, 2.75) is 6.92 Å². The molecule has 0 radical (unpaired) electrons. The van der Waals surface area contributed by atoms with E-state index in [0.29, 0.717) is 0 Å². The zero-order valence-electron chi connectivity index (χ0n) is 3.85. The lowest BCUT2D eigenvalue weighted by Gasteiger charge is -1.37. The van der Waals surface area contributed by atoms with Crippen LogP contribution in [0.3, 0.4) is 0 Å². The molecule has 1 aliphatic heterocycles. The van der Waals surface area contributed by atoms with Crippen LogP contribution in [0.4, 0.5) is 0 Å². The molecule has 0 atom stereocenters. The van der Waals surface area contributed by atoms with E-state index in [2.05, 4.69) is 11.3 Å². The lowest BCUT2D eigenvalue weighted by atomic mass is 10.8. The van der Waals surface area contributed by atoms with Crippen molar-refractivity contribution in [2.75, 3.05) is 0 Å². The molecular weight excluding hydrogens is 76.1 g/mol. The smallest absolute Gasteiger partial charge is 0.125 e. The molecule has 0 spiro atoms. The first-order valence-electron chi connectivity index (χ1n) is 1.79. The molecule has 0 unspecified atom stereocenters. The molecule has 1 heteroatoms. The summed E-state index contributed by atoms with van der Waals surface area (Å²) in [6.45, 7) is 5.25. The Labute approximate surface area is 37.9 Å². The summed E-state index contributed by atoms with van der Waals surface area (Å²) >= 11 is 0. The molecular formula is C5H8O. The molecule has 1 nitrogen and oxygen atoms in total. The second-order valence-electron chi connectivity index (χ2n) is 0.816. The second-order valence-corrected chi connectivity index (χ2v) is 0.816. The van der Waals surface area contributed by atoms with E-state index in [4.69, 9.17) is 0 Å². The van der Waals surface area contributed by atoms with E-state index in [1.807, 2.05) is 6.92 Å². The maximum Gasteiger partial charge on any atom is 0.125 e. The van der Waals surface area contributed by atoms with Gasteiger partial charge in [-0.25, -0.2) is 0 Å². The summed E-state index contributed by atoms with van der Waals surface area (Å²) in [5.41, 5.74) is 0. The Morgan fingerprint density at radius 1 is 1.67 bits per heavy atom. The van der Waals surface area contributed by atoms with E-state index in [0.717, 1.165) is 0 Å². The Hall–Kier alpha value is -0.720. The predicted octanol–water partition coefficient (Wildman–Crippen LogP) is 1.68. The van der Waals surface area contributed by atoms with E-state index in [1.165, 1.54) is 0 Å². The van der Waals surface area contributed by atoms with Gasteiger partial charge in [0.25, 0.3) is 0 Å². The molecule has 0 aromatic heterocycles. The van der Waals surface area contributed by atoms with Gasteiger partial charge in [0.1, 0.15) is 12.5 Å². The van der Waals surface area contributed by atoms with Gasteiger partial charge in [0.2, 0.25) is 0 Å². The molecule has 0 saturated heterocycles. The molecule has 1 heterocycles. The van der Waals surface area contributed by atoms with Crippen LogP contribution in [-0.4, -0.2) is 0 Å². The van der Waals surface area contributed by atoms with Crippen molar-refractivity contribution in [2.24, 2.45) is 0 Å². The maximum atomic E-state index is 4.25. The van der Waals surface area contributed by atoms with Gasteiger partial charge < -0.3 is 4.74 Å². The monoisotopic (exact) mass is 84.1 g/mol. The Morgan fingerprint density at radius 3 is 1.83 bits per heavy atom. The minimum Gasteiger partial charge on any atom is -0.466 e. The van der Waals surface area contributed by atoms with Gasteiger partial charge in [-0.1, -0.05) is 6.08 Å². The van der Waals surface area contributed by atoms with Gasteiger partial charge in [-0.05, 0) is 6.92 Å². The molecule has 1 aliphatic rings. The fourth-order valence-corrected chi connectivity index (χ4v) is 0. The van der Waals surface area contributed by atoms with Gasteiger partial charge in [-0.3, -0.25) is 0 Å². The molecule has 6 heavy (non-hydrogen) atoms. The zero-order valence-corrected chi connectivity index (χ0v) is 3.85. The summed E-state index contributed by atoms with van der Waals surface area (Å²) < 4.78 is 4.25. The lowest BCUT2D eigenvalue weighted by molar-refractivity contribution is 0.541. The van der Waals surface area contributed by atoms with E-state index in [-0.39, 0.29) is 0 Å². The van der Waals surface area contributed by atoms with Gasteiger partial charge in [-0.15, -0.1) is 6.58 Å². The number of hydrogen-bond donors (Lipinski definition) is 0. The molecule has 1 rings (SSSR count). The zero-order chi connectivity index (χ0) is 4.83. The molecule has 0 aromatic rings. The fraction of sp³-hybridized carbons (Fsp3) is 0.200. The largest absolute Gasteiger partial charge is 0.466 e. The first kappa shape index (κ1) is 5.28. The van der Waals surface area contributed by atoms with Gasteiger partial charge >= 0.3 is 0 Å². The molecule has 34 valence electrons. The van der Waals surface area contributed by atoms with Crippen molar-refractivity contribution in [3.05, 3.63) is 25.2 Å². The topological polar surface area (TPSA) is 12.5 Å². The maximum absolute atomic E-state index is 4.25. The predicted molar refractivity (Wildman–Crippen MR) is 26.1 cm³/mol. The fourth-order valence-electron chi connectivity index (χ4n) is 0. The van der Waals surface area contributed by atoms with Crippen molar-refractivity contribution in [1.82, 2.24) is 0 Å². The summed E-state index contributed by atoms with van der Waals surface area (Å²) in [5, 5.41) is 0. The first-order chi connectivity index (χ1) is 2.91. The van der Waals surface area contributed by atoms with Crippen LogP contribution in [0.15, 0.2) is 25.2 Å². The minimum atomic E-state index is 1.62. The van der Waals surface area contributed by atoms with Crippen LogP contribution >= 0.6 is 0 Å². The molecule has 0 bridgehead atoms. The SMILES string of the molecule is C1=CO1.C=CC. The highest BCUT2D eigenvalue weighted by Crippen LogP contribution is 1.89. The van der Waals surface area contributed by atoms with E-state index in [1.54, 1.807) is 18.6 Å². The van der Waals surface area contributed by atoms with Crippen LogP contribution in [0.5, 0.6) is 0 Å². The van der Waals surface area contributed by atoms with Crippen molar-refractivity contribution in [3.63, 3.8) is 0 Å². The van der Waals surface area contributed by atoms with Gasteiger partial charge in [0.15, 0.2) is 0 Å². The Balaban J connectivity index is 0.0000000833. The van der Waals surface area contributed by atoms with Crippen molar-refractivity contribution in [3.8, 4) is 0 Å². The second kappa shape index (κ2) is 4.28. The van der Waals surface area contributed by atoms with Crippen LogP contribution < -0.4 is 0 Å². The molecule has 0 N–H and O–H groups in total. The molecule has 0 fully saturated rings. The Kier molecular flexibility index (Phi) is 3.77. The van der Waals surface area contributed by atoms with Crippen molar-refractivity contribution in [1.29, 1.82) is 0 Å². The third-order valence-corrected chi connectivity index (χ3v) is 0.136. The van der Waals surface area contributed by atoms with Gasteiger partial charge in [0, 0.05) is 0 Å². The third kappa shape index (κ3) is 217. The Morgan fingerprint density at radius 2 is 1.83 bits per heavy atom. The number of rotatable bonds is 0. The molecule has 0 saturated carbocycles. The van der Waals surface area contributed by atoms with E-state index >= 15 is 0 Å². The number of hydrogen-bond acceptors (Lipinski definition) is 1. The standard InChI is InChI=1S/C3H6.C2H2O/c1-3-2;1-2-3-1/h3H,1H2,2H3;1-2H. The Bertz CT molecular complexity index is 51.0. The third-order valence-electron chi connectivity index (χ3n) is 0.136.